The number of pyridine rings is 2. The maximum Gasteiger partial charge on any atom is 0.240 e. The zero-order valence-corrected chi connectivity index (χ0v) is 16.0. The minimum absolute atomic E-state index is 0.151. The number of sulfonamides is 1. The van der Waals surface area contributed by atoms with Crippen molar-refractivity contribution in [2.45, 2.75) is 11.4 Å². The lowest BCUT2D eigenvalue weighted by Gasteiger charge is -2.11. The fourth-order valence-corrected chi connectivity index (χ4v) is 3.88. The number of hydrogen-bond acceptors (Lipinski definition) is 5. The van der Waals surface area contributed by atoms with E-state index in [-0.39, 0.29) is 17.3 Å². The Bertz CT molecular complexity index is 1250. The van der Waals surface area contributed by atoms with Gasteiger partial charge in [0.2, 0.25) is 10.0 Å². The van der Waals surface area contributed by atoms with Crippen LogP contribution in [0.25, 0.3) is 10.9 Å². The van der Waals surface area contributed by atoms with Crippen LogP contribution in [-0.4, -0.2) is 18.4 Å². The van der Waals surface area contributed by atoms with E-state index in [0.29, 0.717) is 22.3 Å². The van der Waals surface area contributed by atoms with Crippen molar-refractivity contribution in [2.75, 3.05) is 5.32 Å². The highest BCUT2D eigenvalue weighted by Gasteiger charge is 2.14. The van der Waals surface area contributed by atoms with E-state index in [4.69, 9.17) is 0 Å². The Hall–Kier alpha value is -3.36. The van der Waals surface area contributed by atoms with Crippen LogP contribution in [0.15, 0.2) is 84.1 Å². The molecule has 0 aliphatic rings. The van der Waals surface area contributed by atoms with Gasteiger partial charge in [-0.2, -0.15) is 0 Å². The van der Waals surface area contributed by atoms with Gasteiger partial charge >= 0.3 is 0 Å². The van der Waals surface area contributed by atoms with Gasteiger partial charge in [-0.1, -0.05) is 6.07 Å². The van der Waals surface area contributed by atoms with Crippen molar-refractivity contribution in [1.82, 2.24) is 14.7 Å². The van der Waals surface area contributed by atoms with Crippen LogP contribution in [-0.2, 0) is 16.6 Å². The zero-order chi connectivity index (χ0) is 20.3. The van der Waals surface area contributed by atoms with Crippen LogP contribution in [0.1, 0.15) is 5.56 Å². The molecule has 2 aromatic carbocycles. The second kappa shape index (κ2) is 7.94. The van der Waals surface area contributed by atoms with E-state index in [9.17, 15) is 12.8 Å². The molecular weight excluding hydrogens is 391 g/mol. The maximum absolute atomic E-state index is 13.6. The normalized spacial score (nSPS) is 11.5. The van der Waals surface area contributed by atoms with Gasteiger partial charge in [0.05, 0.1) is 10.4 Å². The molecule has 6 nitrogen and oxygen atoms in total. The van der Waals surface area contributed by atoms with Crippen molar-refractivity contribution in [3.8, 4) is 0 Å². The molecule has 2 heterocycles. The minimum atomic E-state index is -3.65. The largest absolute Gasteiger partial charge is 0.355 e. The molecule has 0 saturated heterocycles. The predicted molar refractivity (Wildman–Crippen MR) is 110 cm³/mol. The lowest BCUT2D eigenvalue weighted by molar-refractivity contribution is 0.581. The van der Waals surface area contributed by atoms with Gasteiger partial charge in [-0.05, 0) is 60.2 Å². The van der Waals surface area contributed by atoms with E-state index in [1.54, 1.807) is 55.0 Å². The monoisotopic (exact) mass is 408 g/mol. The van der Waals surface area contributed by atoms with E-state index < -0.39 is 10.0 Å². The summed E-state index contributed by atoms with van der Waals surface area (Å²) < 4.78 is 41.1. The van der Waals surface area contributed by atoms with Gasteiger partial charge in [-0.3, -0.25) is 9.97 Å². The van der Waals surface area contributed by atoms with Crippen molar-refractivity contribution in [2.24, 2.45) is 0 Å². The predicted octanol–water partition coefficient (Wildman–Crippen LogP) is 3.99. The Labute approximate surface area is 167 Å². The Morgan fingerprint density at radius 2 is 1.79 bits per heavy atom. The average Bonchev–Trinajstić information content (AvgIpc) is 2.74. The molecule has 4 rings (SSSR count). The highest BCUT2D eigenvalue weighted by atomic mass is 32.2. The van der Waals surface area contributed by atoms with Crippen LogP contribution in [0.2, 0.25) is 0 Å². The molecule has 0 saturated carbocycles. The first-order valence-corrected chi connectivity index (χ1v) is 10.3. The molecule has 8 heteroatoms. The molecule has 0 amide bonds. The quantitative estimate of drug-likeness (QED) is 0.504. The third-order valence-electron chi connectivity index (χ3n) is 4.34. The Kier molecular flexibility index (Phi) is 5.20. The summed E-state index contributed by atoms with van der Waals surface area (Å²) in [5, 5.41) is 3.82. The minimum Gasteiger partial charge on any atom is -0.355 e. The molecule has 0 fully saturated rings. The van der Waals surface area contributed by atoms with Crippen molar-refractivity contribution in [3.05, 3.63) is 90.6 Å². The van der Waals surface area contributed by atoms with Gasteiger partial charge in [0.25, 0.3) is 0 Å². The van der Waals surface area contributed by atoms with Gasteiger partial charge < -0.3 is 5.32 Å². The number of rotatable bonds is 6. The molecule has 4 aromatic rings. The molecule has 0 unspecified atom stereocenters. The Balaban J connectivity index is 1.51. The second-order valence-electron chi connectivity index (χ2n) is 6.36. The van der Waals surface area contributed by atoms with Crippen LogP contribution in [0, 0.1) is 5.82 Å². The van der Waals surface area contributed by atoms with E-state index >= 15 is 0 Å². The summed E-state index contributed by atoms with van der Waals surface area (Å²) in [5.74, 6) is -0.352. The number of nitrogens with one attached hydrogen (secondary N) is 2. The number of anilines is 2. The fraction of sp³-hybridized carbons (Fsp3) is 0.0476. The average molecular weight is 408 g/mol. The van der Waals surface area contributed by atoms with Gasteiger partial charge in [-0.15, -0.1) is 0 Å². The molecule has 0 atom stereocenters. The molecule has 0 aliphatic carbocycles. The smallest absolute Gasteiger partial charge is 0.240 e. The molecule has 2 N–H and O–H groups in total. The fourth-order valence-electron chi connectivity index (χ4n) is 2.86. The van der Waals surface area contributed by atoms with E-state index in [2.05, 4.69) is 20.0 Å². The lowest BCUT2D eigenvalue weighted by Crippen LogP contribution is -2.23. The summed E-state index contributed by atoms with van der Waals surface area (Å²) in [5.41, 5.74) is 2.79. The van der Waals surface area contributed by atoms with Crippen LogP contribution < -0.4 is 10.0 Å². The van der Waals surface area contributed by atoms with Crippen LogP contribution in [0.5, 0.6) is 0 Å². The third kappa shape index (κ3) is 4.39. The van der Waals surface area contributed by atoms with E-state index in [0.717, 1.165) is 5.56 Å². The summed E-state index contributed by atoms with van der Waals surface area (Å²) >= 11 is 0. The molecule has 0 aliphatic heterocycles. The third-order valence-corrected chi connectivity index (χ3v) is 5.75. The first kappa shape index (κ1) is 19.0. The van der Waals surface area contributed by atoms with Crippen LogP contribution >= 0.6 is 0 Å². The molecule has 146 valence electrons. The van der Waals surface area contributed by atoms with Crippen molar-refractivity contribution >= 4 is 32.3 Å². The summed E-state index contributed by atoms with van der Waals surface area (Å²) in [4.78, 5) is 8.33. The van der Waals surface area contributed by atoms with Gasteiger partial charge in [0.1, 0.15) is 5.82 Å². The highest BCUT2D eigenvalue weighted by Crippen LogP contribution is 2.26. The van der Waals surface area contributed by atoms with Crippen molar-refractivity contribution in [1.29, 1.82) is 0 Å². The summed E-state index contributed by atoms with van der Waals surface area (Å²) in [7, 11) is -3.65. The number of nitrogens with zero attached hydrogens (tertiary/aromatic N) is 2. The lowest BCUT2D eigenvalue weighted by atomic mass is 10.1. The zero-order valence-electron chi connectivity index (χ0n) is 15.2. The molecule has 0 radical (unpaired) electrons. The van der Waals surface area contributed by atoms with Crippen LogP contribution in [0.4, 0.5) is 15.8 Å². The SMILES string of the molecule is O=S(=O)(NCc1cccnc1)c1ccc(Nc2ccnc3ccc(F)cc23)cc1. The molecular formula is C21H17FN4O2S. The first-order chi connectivity index (χ1) is 14.0. The van der Waals surface area contributed by atoms with E-state index in [1.165, 1.54) is 24.3 Å². The summed E-state index contributed by atoms with van der Waals surface area (Å²) in [6, 6.07) is 16.0. The summed E-state index contributed by atoms with van der Waals surface area (Å²) in [6.45, 7) is 0.157. The number of hydrogen-bond donors (Lipinski definition) is 2. The maximum atomic E-state index is 13.6. The number of fused-ring (bicyclic) bond motifs is 1. The molecule has 0 bridgehead atoms. The van der Waals surface area contributed by atoms with Crippen molar-refractivity contribution < 1.29 is 12.8 Å². The topological polar surface area (TPSA) is 84.0 Å². The van der Waals surface area contributed by atoms with E-state index in [1.807, 2.05) is 0 Å². The van der Waals surface area contributed by atoms with Gasteiger partial charge in [0, 0.05) is 41.9 Å². The molecule has 0 spiro atoms. The Morgan fingerprint density at radius 1 is 0.966 bits per heavy atom. The van der Waals surface area contributed by atoms with Crippen LogP contribution in [0.3, 0.4) is 0 Å². The van der Waals surface area contributed by atoms with Crippen molar-refractivity contribution in [3.63, 3.8) is 0 Å². The van der Waals surface area contributed by atoms with Gasteiger partial charge in [0.15, 0.2) is 0 Å². The highest BCUT2D eigenvalue weighted by molar-refractivity contribution is 7.89. The number of aromatic nitrogens is 2. The number of benzene rings is 2. The molecule has 29 heavy (non-hydrogen) atoms. The molecule has 2 aromatic heterocycles. The summed E-state index contributed by atoms with van der Waals surface area (Å²) in [6.07, 6.45) is 4.87. The van der Waals surface area contributed by atoms with Gasteiger partial charge in [-0.25, -0.2) is 17.5 Å². The Morgan fingerprint density at radius 3 is 2.55 bits per heavy atom. The number of halogens is 1. The first-order valence-electron chi connectivity index (χ1n) is 8.81. The second-order valence-corrected chi connectivity index (χ2v) is 8.12. The standard InChI is InChI=1S/C21H17FN4O2S/c22-16-3-8-20-19(12-16)21(9-11-24-20)26-17-4-6-18(7-5-17)29(27,28)25-14-15-2-1-10-23-13-15/h1-13,25H,14H2,(H,24,26).